The molecule has 15 heavy (non-hydrogen) atoms. The summed E-state index contributed by atoms with van der Waals surface area (Å²) in [5, 5.41) is 0. The van der Waals surface area contributed by atoms with Gasteiger partial charge in [-0.3, -0.25) is 0 Å². The largest absolute Gasteiger partial charge is 0.368 e. The second-order valence-corrected chi connectivity index (χ2v) is 4.32. The molecule has 0 bridgehead atoms. The van der Waals surface area contributed by atoms with Crippen LogP contribution in [0.3, 0.4) is 0 Å². The molecule has 0 heterocycles. The first kappa shape index (κ1) is 10.4. The van der Waals surface area contributed by atoms with Gasteiger partial charge >= 0.3 is 0 Å². The van der Waals surface area contributed by atoms with Crippen LogP contribution in [0, 0.1) is 5.82 Å². The molecule has 2 nitrogen and oxygen atoms in total. The van der Waals surface area contributed by atoms with Gasteiger partial charge in [-0.1, -0.05) is 6.07 Å². The van der Waals surface area contributed by atoms with Crippen LogP contribution < -0.4 is 10.6 Å². The van der Waals surface area contributed by atoms with Gasteiger partial charge in [0.2, 0.25) is 0 Å². The van der Waals surface area contributed by atoms with Gasteiger partial charge in [0, 0.05) is 19.3 Å². The van der Waals surface area contributed by atoms with E-state index in [9.17, 15) is 4.39 Å². The SMILES string of the molecule is CN(c1cccc(F)c1)C1(CN)CCC1. The van der Waals surface area contributed by atoms with Crippen LogP contribution in [-0.2, 0) is 0 Å². The first-order chi connectivity index (χ1) is 7.18. The third-order valence-corrected chi connectivity index (χ3v) is 3.57. The molecule has 0 aliphatic heterocycles. The zero-order valence-electron chi connectivity index (χ0n) is 9.04. The van der Waals surface area contributed by atoms with Crippen molar-refractivity contribution in [3.8, 4) is 0 Å². The minimum Gasteiger partial charge on any atom is -0.368 e. The van der Waals surface area contributed by atoms with Crippen molar-refractivity contribution >= 4 is 5.69 Å². The van der Waals surface area contributed by atoms with E-state index in [1.165, 1.54) is 12.5 Å². The van der Waals surface area contributed by atoms with E-state index in [1.54, 1.807) is 12.1 Å². The third kappa shape index (κ3) is 1.72. The fraction of sp³-hybridized carbons (Fsp3) is 0.500. The molecule has 1 aliphatic carbocycles. The van der Waals surface area contributed by atoms with E-state index in [0.29, 0.717) is 6.54 Å². The highest BCUT2D eigenvalue weighted by molar-refractivity contribution is 5.49. The average Bonchev–Trinajstić information content (AvgIpc) is 2.17. The number of nitrogens with zero attached hydrogens (tertiary/aromatic N) is 1. The quantitative estimate of drug-likeness (QED) is 0.824. The number of likely N-dealkylation sites (N-methyl/N-ethyl adjacent to an activating group) is 1. The Morgan fingerprint density at radius 3 is 2.67 bits per heavy atom. The van der Waals surface area contributed by atoms with Crippen molar-refractivity contribution in [3.05, 3.63) is 30.1 Å². The van der Waals surface area contributed by atoms with Gasteiger partial charge in [-0.25, -0.2) is 4.39 Å². The number of benzene rings is 1. The lowest BCUT2D eigenvalue weighted by Crippen LogP contribution is -2.57. The highest BCUT2D eigenvalue weighted by atomic mass is 19.1. The van der Waals surface area contributed by atoms with E-state index < -0.39 is 0 Å². The standard InChI is InChI=1S/C12H17FN2/c1-15(12(9-14)6-3-7-12)11-5-2-4-10(13)8-11/h2,4-5,8H,3,6-7,9,14H2,1H3. The predicted molar refractivity (Wildman–Crippen MR) is 60.4 cm³/mol. The van der Waals surface area contributed by atoms with Crippen LogP contribution in [0.5, 0.6) is 0 Å². The normalized spacial score (nSPS) is 18.3. The molecular formula is C12H17FN2. The van der Waals surface area contributed by atoms with Crippen LogP contribution in [0.4, 0.5) is 10.1 Å². The topological polar surface area (TPSA) is 29.3 Å². The van der Waals surface area contributed by atoms with E-state index in [2.05, 4.69) is 4.90 Å². The van der Waals surface area contributed by atoms with Crippen LogP contribution in [-0.4, -0.2) is 19.1 Å². The summed E-state index contributed by atoms with van der Waals surface area (Å²) in [5.41, 5.74) is 6.79. The van der Waals surface area contributed by atoms with Gasteiger partial charge in [0.15, 0.2) is 0 Å². The summed E-state index contributed by atoms with van der Waals surface area (Å²) in [6.45, 7) is 0.639. The van der Waals surface area contributed by atoms with Gasteiger partial charge in [-0.05, 0) is 37.5 Å². The molecule has 2 N–H and O–H groups in total. The number of halogens is 1. The summed E-state index contributed by atoms with van der Waals surface area (Å²) in [5.74, 6) is -0.189. The lowest BCUT2D eigenvalue weighted by molar-refractivity contribution is 0.246. The zero-order valence-corrected chi connectivity index (χ0v) is 9.04. The summed E-state index contributed by atoms with van der Waals surface area (Å²) in [7, 11) is 2.00. The number of nitrogens with two attached hydrogens (primary N) is 1. The van der Waals surface area contributed by atoms with Crippen LogP contribution in [0.15, 0.2) is 24.3 Å². The summed E-state index contributed by atoms with van der Waals surface area (Å²) in [4.78, 5) is 2.12. The molecule has 2 rings (SSSR count). The fourth-order valence-corrected chi connectivity index (χ4v) is 2.22. The second kappa shape index (κ2) is 3.81. The maximum Gasteiger partial charge on any atom is 0.125 e. The molecule has 1 aromatic carbocycles. The molecule has 0 aromatic heterocycles. The van der Waals surface area contributed by atoms with Crippen LogP contribution in [0.25, 0.3) is 0 Å². The first-order valence-corrected chi connectivity index (χ1v) is 5.37. The number of hydrogen-bond donors (Lipinski definition) is 1. The van der Waals surface area contributed by atoms with Crippen molar-refractivity contribution in [2.24, 2.45) is 5.73 Å². The molecule has 1 aliphatic rings. The van der Waals surface area contributed by atoms with Crippen molar-refractivity contribution < 1.29 is 4.39 Å². The Labute approximate surface area is 89.9 Å². The Bertz CT molecular complexity index is 342. The Morgan fingerprint density at radius 1 is 1.47 bits per heavy atom. The number of rotatable bonds is 3. The van der Waals surface area contributed by atoms with Crippen molar-refractivity contribution in [2.75, 3.05) is 18.5 Å². The van der Waals surface area contributed by atoms with Gasteiger partial charge in [-0.2, -0.15) is 0 Å². The molecule has 0 saturated heterocycles. The highest BCUT2D eigenvalue weighted by Crippen LogP contribution is 2.38. The van der Waals surface area contributed by atoms with Crippen molar-refractivity contribution in [1.29, 1.82) is 0 Å². The monoisotopic (exact) mass is 208 g/mol. The third-order valence-electron chi connectivity index (χ3n) is 3.57. The highest BCUT2D eigenvalue weighted by Gasteiger charge is 2.39. The van der Waals surface area contributed by atoms with Gasteiger partial charge in [0.05, 0.1) is 5.54 Å². The Balaban J connectivity index is 2.23. The van der Waals surface area contributed by atoms with Gasteiger partial charge in [0.1, 0.15) is 5.82 Å². The minimum atomic E-state index is -0.189. The summed E-state index contributed by atoms with van der Waals surface area (Å²) in [6, 6.07) is 6.70. The zero-order chi connectivity index (χ0) is 10.9. The molecule has 0 atom stereocenters. The van der Waals surface area contributed by atoms with E-state index >= 15 is 0 Å². The van der Waals surface area contributed by atoms with E-state index in [1.807, 2.05) is 13.1 Å². The second-order valence-electron chi connectivity index (χ2n) is 4.32. The Hall–Kier alpha value is -1.09. The van der Waals surface area contributed by atoms with Crippen LogP contribution >= 0.6 is 0 Å². The number of hydrogen-bond acceptors (Lipinski definition) is 2. The van der Waals surface area contributed by atoms with E-state index in [0.717, 1.165) is 18.5 Å². The minimum absolute atomic E-state index is 0.0633. The molecule has 1 saturated carbocycles. The molecule has 1 aromatic rings. The lowest BCUT2D eigenvalue weighted by atomic mass is 9.75. The van der Waals surface area contributed by atoms with Crippen molar-refractivity contribution in [2.45, 2.75) is 24.8 Å². The van der Waals surface area contributed by atoms with Gasteiger partial charge in [0.25, 0.3) is 0 Å². The maximum absolute atomic E-state index is 13.1. The Kier molecular flexibility index (Phi) is 2.65. The van der Waals surface area contributed by atoms with Crippen molar-refractivity contribution in [1.82, 2.24) is 0 Å². The lowest BCUT2D eigenvalue weighted by Gasteiger charge is -2.49. The first-order valence-electron chi connectivity index (χ1n) is 5.37. The molecular weight excluding hydrogens is 191 g/mol. The Morgan fingerprint density at radius 2 is 2.20 bits per heavy atom. The molecule has 0 amide bonds. The molecule has 0 radical (unpaired) electrons. The fourth-order valence-electron chi connectivity index (χ4n) is 2.22. The predicted octanol–water partition coefficient (Wildman–Crippen LogP) is 2.14. The van der Waals surface area contributed by atoms with Crippen LogP contribution in [0.1, 0.15) is 19.3 Å². The average molecular weight is 208 g/mol. The van der Waals surface area contributed by atoms with E-state index in [4.69, 9.17) is 5.73 Å². The van der Waals surface area contributed by atoms with Crippen LogP contribution in [0.2, 0.25) is 0 Å². The van der Waals surface area contributed by atoms with Crippen molar-refractivity contribution in [3.63, 3.8) is 0 Å². The molecule has 0 unspecified atom stereocenters. The maximum atomic E-state index is 13.1. The molecule has 82 valence electrons. The van der Waals surface area contributed by atoms with Gasteiger partial charge in [-0.15, -0.1) is 0 Å². The molecule has 3 heteroatoms. The summed E-state index contributed by atoms with van der Waals surface area (Å²) >= 11 is 0. The smallest absolute Gasteiger partial charge is 0.125 e. The molecule has 0 spiro atoms. The van der Waals surface area contributed by atoms with Gasteiger partial charge < -0.3 is 10.6 Å². The summed E-state index contributed by atoms with van der Waals surface area (Å²) in [6.07, 6.45) is 3.43. The summed E-state index contributed by atoms with van der Waals surface area (Å²) < 4.78 is 13.1. The number of anilines is 1. The van der Waals surface area contributed by atoms with E-state index in [-0.39, 0.29) is 11.4 Å². The molecule has 1 fully saturated rings.